The molecule has 1 N–H and O–H groups in total. The molecule has 4 heterocycles. The van der Waals surface area contributed by atoms with E-state index in [-0.39, 0.29) is 22.4 Å². The second-order valence-electron chi connectivity index (χ2n) is 32.6. The van der Waals surface area contributed by atoms with E-state index in [2.05, 4.69) is 183 Å². The quantitative estimate of drug-likeness (QED) is 0.0217. The fourth-order valence-electron chi connectivity index (χ4n) is 11.3. The van der Waals surface area contributed by atoms with E-state index in [0.29, 0.717) is 80.9 Å². The van der Waals surface area contributed by atoms with Gasteiger partial charge in [-0.3, -0.25) is 14.4 Å². The SMILES string of the molecule is CC1(C)OCc2cccc(CCC(CNCc3cccc4c3OC(C)(C)OC4)CO[Si](C)(C)C(C)(C)C)c2O1.CCOC.CCOP(C)(=O)CN(Cc1cccc2c1OC(C)(C)OC2)C(CO[Si](C)(C)C(C)(C)C)CN(Cc1cccc2c1OC(C)(C)OC2)CP(C)(C)=O.CCOP(C)OCC.[CH2-]C.[I][V][I]. The van der Waals surface area contributed by atoms with Crippen molar-refractivity contribution in [1.82, 2.24) is 15.1 Å². The minimum absolute atomic E-state index is 0.0107. The van der Waals surface area contributed by atoms with Gasteiger partial charge in [0.2, 0.25) is 30.5 Å². The van der Waals surface area contributed by atoms with Gasteiger partial charge in [-0.15, -0.1) is 0 Å². The predicted molar refractivity (Wildman–Crippen MR) is 460 cm³/mol. The van der Waals surface area contributed by atoms with Gasteiger partial charge in [0.25, 0.3) is 0 Å². The fraction of sp³-hybridized carbons (Fsp3) is 0.688. The summed E-state index contributed by atoms with van der Waals surface area (Å²) in [7, 11) is -7.93. The van der Waals surface area contributed by atoms with Crippen LogP contribution in [0.4, 0.5) is 0 Å². The maximum absolute atomic E-state index is 14.1. The molecular weight excluding hydrogens is 1710 g/mol. The van der Waals surface area contributed by atoms with Gasteiger partial charge in [0.05, 0.1) is 72.6 Å². The Morgan fingerprint density at radius 3 is 1.32 bits per heavy atom. The average Bonchev–Trinajstić information content (AvgIpc) is 0.809. The number of fused-ring (bicyclic) bond motifs is 4. The Kier molecular flexibility index (Phi) is 43.1. The van der Waals surface area contributed by atoms with E-state index < -0.39 is 62.7 Å². The van der Waals surface area contributed by atoms with Crippen molar-refractivity contribution in [3.63, 3.8) is 0 Å². The van der Waals surface area contributed by atoms with Crippen molar-refractivity contribution >= 4 is 79.5 Å². The molecule has 4 aromatic rings. The summed E-state index contributed by atoms with van der Waals surface area (Å²) in [6, 6.07) is 24.7. The van der Waals surface area contributed by atoms with E-state index in [4.69, 9.17) is 60.3 Å². The van der Waals surface area contributed by atoms with Crippen LogP contribution < -0.4 is 24.3 Å². The van der Waals surface area contributed by atoms with Crippen molar-refractivity contribution in [2.24, 2.45) is 5.92 Å². The Morgan fingerprint density at radius 2 is 0.944 bits per heavy atom. The fourth-order valence-corrected chi connectivity index (χ4v) is 17.1. The Balaban J connectivity index is 0.000000466. The first-order chi connectivity index (χ1) is 49.7. The molecule has 4 aliphatic heterocycles. The van der Waals surface area contributed by atoms with Gasteiger partial charge in [0.1, 0.15) is 23.0 Å². The zero-order chi connectivity index (χ0) is 81.0. The second-order valence-corrected chi connectivity index (χ2v) is 61.4. The van der Waals surface area contributed by atoms with E-state index in [1.165, 1.54) is 11.1 Å². The van der Waals surface area contributed by atoms with Crippen molar-refractivity contribution in [2.45, 2.75) is 256 Å². The molecule has 19 nitrogen and oxygen atoms in total. The molecular formula is C80H139I2N3O16P3Si2V-. The summed E-state index contributed by atoms with van der Waals surface area (Å²) >= 11 is 4.74. The minimum atomic E-state index is -3.06. The molecule has 0 aliphatic carbocycles. The predicted octanol–water partition coefficient (Wildman–Crippen LogP) is 21.8. The Morgan fingerprint density at radius 1 is 0.579 bits per heavy atom. The molecule has 0 fully saturated rings. The zero-order valence-corrected chi connectivity index (χ0v) is 81.1. The molecule has 27 heteroatoms. The third-order valence-electron chi connectivity index (χ3n) is 18.9. The summed E-state index contributed by atoms with van der Waals surface area (Å²) in [5, 5.41) is 3.90. The van der Waals surface area contributed by atoms with Crippen molar-refractivity contribution in [3.05, 3.63) is 124 Å². The molecule has 4 aliphatic rings. The maximum atomic E-state index is 14.1. The van der Waals surface area contributed by atoms with Gasteiger partial charge in [-0.05, 0) is 102 Å². The van der Waals surface area contributed by atoms with E-state index in [1.54, 1.807) is 20.7 Å². The van der Waals surface area contributed by atoms with Gasteiger partial charge >= 0.3 is 49.4 Å². The van der Waals surface area contributed by atoms with Crippen LogP contribution in [0.15, 0.2) is 72.8 Å². The number of para-hydroxylation sites is 4. The molecule has 0 saturated carbocycles. The number of halogens is 2. The van der Waals surface area contributed by atoms with Crippen molar-refractivity contribution in [2.75, 3.05) is 99.1 Å². The van der Waals surface area contributed by atoms with Crippen LogP contribution in [0.1, 0.15) is 182 Å². The molecule has 0 radical (unpaired) electrons. The van der Waals surface area contributed by atoms with Gasteiger partial charge in [0.15, 0.2) is 25.0 Å². The van der Waals surface area contributed by atoms with Crippen molar-refractivity contribution in [1.29, 1.82) is 0 Å². The number of nitrogens with zero attached hydrogens (tertiary/aromatic N) is 2. The van der Waals surface area contributed by atoms with Gasteiger partial charge in [-0.25, -0.2) is 0 Å². The van der Waals surface area contributed by atoms with E-state index in [1.807, 2.05) is 127 Å². The van der Waals surface area contributed by atoms with E-state index >= 15 is 0 Å². The van der Waals surface area contributed by atoms with Crippen LogP contribution in [0.2, 0.25) is 36.3 Å². The van der Waals surface area contributed by atoms with Crippen LogP contribution in [0.25, 0.3) is 0 Å². The Hall–Kier alpha value is -1.07. The number of benzene rings is 4. The molecule has 4 aromatic carbocycles. The Labute approximate surface area is 680 Å². The molecule has 0 spiro atoms. The number of methoxy groups -OCH3 is 1. The molecule has 0 saturated heterocycles. The number of hydrogen-bond acceptors (Lipinski definition) is 19. The van der Waals surface area contributed by atoms with Crippen LogP contribution >= 0.6 is 62.8 Å². The van der Waals surface area contributed by atoms with E-state index in [9.17, 15) is 9.13 Å². The number of aryl methyl sites for hydroxylation is 1. The van der Waals surface area contributed by atoms with Crippen molar-refractivity contribution < 1.29 is 83.7 Å². The third kappa shape index (κ3) is 35.5. The van der Waals surface area contributed by atoms with Gasteiger partial charge in [-0.2, -0.15) is 6.92 Å². The normalized spacial score (nSPS) is 17.3. The average molecular weight is 1850 g/mol. The van der Waals surface area contributed by atoms with Crippen LogP contribution in [-0.4, -0.2) is 155 Å². The molecule has 613 valence electrons. The first-order valence-corrected chi connectivity index (χ1v) is 59.2. The first-order valence-electron chi connectivity index (χ1n) is 37.8. The topological polar surface area (TPSA) is 182 Å². The molecule has 0 amide bonds. The van der Waals surface area contributed by atoms with Crippen LogP contribution in [0, 0.1) is 12.8 Å². The molecule has 3 unspecified atom stereocenters. The molecule has 0 aromatic heterocycles. The molecule has 8 rings (SSSR count). The van der Waals surface area contributed by atoms with E-state index in [0.717, 1.165) is 109 Å². The van der Waals surface area contributed by atoms with Gasteiger partial charge < -0.3 is 81.9 Å². The second kappa shape index (κ2) is 46.0. The molecule has 3 atom stereocenters. The molecule has 107 heavy (non-hydrogen) atoms. The number of ether oxygens (including phenoxy) is 9. The van der Waals surface area contributed by atoms with Gasteiger partial charge in [0, 0.05) is 167 Å². The first kappa shape index (κ1) is 100. The summed E-state index contributed by atoms with van der Waals surface area (Å²) in [5.74, 6) is 1.17. The summed E-state index contributed by atoms with van der Waals surface area (Å²) < 4.78 is 111. The molecule has 0 bridgehead atoms. The third-order valence-corrected chi connectivity index (χ3v) is 32.0. The standard InChI is InChI=1S/C38H64N2O8P2Si.C32H49NO5Si.C5H13O2P.C3H8O.C2H5.2HI.V/c1-14-45-50(11,42)28-40(22-30-18-16-20-32-25-44-38(7,8)48-35(30)32)33(26-46-51(12,13)36(2,3)4)23-39(27-49(9,10)41)21-29-17-15-19-31-24-43-37(5,6)47-34(29)31;1-30(2,3)39(8,9)36-20-23(16-17-24-12-10-14-26-21-34-31(4,5)37-28(24)26)18-33-19-25-13-11-15-27-22-35-32(6,7)38-29(25)27;1-4-6-8(3)7-5-2;1-3-4-2;1-2;;;/h15-20,33H,14,21-28H2,1-13H3;10-15,23,33H,16-22H2,1-9H3;4-5H2,1-3H3;3H2,1-2H3;1H2,2H3;2*1H;/q;;;;-1;;;+2/p-2. The van der Waals surface area contributed by atoms with Crippen LogP contribution in [0.5, 0.6) is 23.0 Å². The number of hydrogen-bond donors (Lipinski definition) is 1. The monoisotopic (exact) mass is 1850 g/mol. The zero-order valence-electron chi connectivity index (χ0n) is 70.7. The van der Waals surface area contributed by atoms with Crippen LogP contribution in [0.3, 0.4) is 0 Å². The Bertz CT molecular complexity index is 3370. The summed E-state index contributed by atoms with van der Waals surface area (Å²) in [6.45, 7) is 67.4. The number of rotatable bonds is 31. The summed E-state index contributed by atoms with van der Waals surface area (Å²) in [6.07, 6.45) is 2.55. The summed E-state index contributed by atoms with van der Waals surface area (Å²) in [5.41, 5.74) is 8.60. The summed E-state index contributed by atoms with van der Waals surface area (Å²) in [4.78, 5) is 4.49. The van der Waals surface area contributed by atoms with Crippen LogP contribution in [-0.2, 0) is 117 Å². The van der Waals surface area contributed by atoms with Crippen molar-refractivity contribution in [3.8, 4) is 23.0 Å². The number of nitrogens with one attached hydrogen (secondary N) is 1. The van der Waals surface area contributed by atoms with Gasteiger partial charge in [-0.1, -0.05) is 114 Å².